The zero-order chi connectivity index (χ0) is 12.5. The van der Waals surface area contributed by atoms with Crippen molar-refractivity contribution in [3.8, 4) is 0 Å². The maximum atomic E-state index is 13.0. The molecular formula is C12H17F2N3. The lowest BCUT2D eigenvalue weighted by atomic mass is 9.83. The van der Waals surface area contributed by atoms with Gasteiger partial charge in [0.25, 0.3) is 0 Å². The third-order valence-electron chi connectivity index (χ3n) is 3.37. The van der Waals surface area contributed by atoms with Gasteiger partial charge in [-0.2, -0.15) is 0 Å². The summed E-state index contributed by atoms with van der Waals surface area (Å²) in [7, 11) is 0. The number of hydrogen-bond donors (Lipinski definition) is 2. The lowest BCUT2D eigenvalue weighted by Crippen LogP contribution is -2.25. The topological polar surface area (TPSA) is 64.9 Å². The number of rotatable bonds is 2. The summed E-state index contributed by atoms with van der Waals surface area (Å²) in [5.74, 6) is -1.76. The van der Waals surface area contributed by atoms with E-state index in [1.165, 1.54) is 6.20 Å². The average Bonchev–Trinajstić information content (AvgIpc) is 2.26. The van der Waals surface area contributed by atoms with Gasteiger partial charge < -0.3 is 11.5 Å². The lowest BCUT2D eigenvalue weighted by Gasteiger charge is -2.28. The molecule has 0 spiro atoms. The smallest absolute Gasteiger partial charge is 0.248 e. The summed E-state index contributed by atoms with van der Waals surface area (Å²) in [5, 5.41) is 0. The van der Waals surface area contributed by atoms with Crippen LogP contribution in [0.2, 0.25) is 0 Å². The van der Waals surface area contributed by atoms with Crippen molar-refractivity contribution in [1.82, 2.24) is 4.98 Å². The lowest BCUT2D eigenvalue weighted by molar-refractivity contribution is -0.0456. The van der Waals surface area contributed by atoms with Gasteiger partial charge in [-0.3, -0.25) is 0 Å². The Bertz CT molecular complexity index is 397. The molecular weight excluding hydrogens is 224 g/mol. The molecule has 17 heavy (non-hydrogen) atoms. The fourth-order valence-corrected chi connectivity index (χ4v) is 2.32. The van der Waals surface area contributed by atoms with Crippen LogP contribution in [-0.2, 0) is 6.42 Å². The number of hydrogen-bond acceptors (Lipinski definition) is 3. The molecule has 0 aromatic carbocycles. The third kappa shape index (κ3) is 3.05. The maximum absolute atomic E-state index is 13.0. The first-order valence-corrected chi connectivity index (χ1v) is 5.84. The molecule has 1 heterocycles. The molecule has 3 nitrogen and oxygen atoms in total. The summed E-state index contributed by atoms with van der Waals surface area (Å²) in [6.07, 6.45) is 3.25. The average molecular weight is 241 g/mol. The molecule has 0 saturated heterocycles. The third-order valence-corrected chi connectivity index (χ3v) is 3.37. The number of nitrogens with zero attached hydrogens (tertiary/aromatic N) is 1. The van der Waals surface area contributed by atoms with Crippen LogP contribution in [0.3, 0.4) is 0 Å². The van der Waals surface area contributed by atoms with Crippen LogP contribution in [0.5, 0.6) is 0 Å². The Morgan fingerprint density at radius 3 is 2.59 bits per heavy atom. The van der Waals surface area contributed by atoms with Crippen LogP contribution in [0.1, 0.15) is 31.2 Å². The van der Waals surface area contributed by atoms with E-state index in [0.717, 1.165) is 5.56 Å². The molecule has 0 bridgehead atoms. The number of alkyl halides is 2. The van der Waals surface area contributed by atoms with E-state index in [0.29, 0.717) is 30.8 Å². The first kappa shape index (κ1) is 12.1. The van der Waals surface area contributed by atoms with Crippen LogP contribution in [0.15, 0.2) is 12.3 Å². The van der Waals surface area contributed by atoms with Gasteiger partial charge in [0.2, 0.25) is 5.92 Å². The van der Waals surface area contributed by atoms with E-state index < -0.39 is 5.92 Å². The van der Waals surface area contributed by atoms with Gasteiger partial charge >= 0.3 is 0 Å². The molecule has 0 amide bonds. The minimum absolute atomic E-state index is 0.0205. The molecule has 4 N–H and O–H groups in total. The Morgan fingerprint density at radius 2 is 1.94 bits per heavy atom. The molecule has 1 aliphatic rings. The molecule has 1 aliphatic carbocycles. The second kappa shape index (κ2) is 4.47. The number of nitrogen functional groups attached to an aromatic ring is 2. The first-order chi connectivity index (χ1) is 7.96. The van der Waals surface area contributed by atoms with E-state index in [1.807, 2.05) is 0 Å². The fourth-order valence-electron chi connectivity index (χ4n) is 2.32. The van der Waals surface area contributed by atoms with E-state index in [4.69, 9.17) is 11.5 Å². The van der Waals surface area contributed by atoms with Crippen LogP contribution < -0.4 is 11.5 Å². The van der Waals surface area contributed by atoms with Gasteiger partial charge in [0.15, 0.2) is 0 Å². The van der Waals surface area contributed by atoms with E-state index in [9.17, 15) is 8.78 Å². The molecule has 94 valence electrons. The van der Waals surface area contributed by atoms with E-state index in [1.54, 1.807) is 6.07 Å². The molecule has 0 atom stereocenters. The minimum atomic E-state index is -2.48. The Balaban J connectivity index is 2.00. The van der Waals surface area contributed by atoms with Gasteiger partial charge in [0.1, 0.15) is 5.82 Å². The summed E-state index contributed by atoms with van der Waals surface area (Å²) < 4.78 is 26.0. The van der Waals surface area contributed by atoms with Gasteiger partial charge in [0.05, 0.1) is 11.9 Å². The number of aromatic nitrogens is 1. The zero-order valence-corrected chi connectivity index (χ0v) is 9.63. The number of nitrogens with two attached hydrogens (primary N) is 2. The normalized spacial score (nSPS) is 20.4. The highest BCUT2D eigenvalue weighted by atomic mass is 19.3. The molecule has 5 heteroatoms. The van der Waals surface area contributed by atoms with Crippen molar-refractivity contribution in [1.29, 1.82) is 0 Å². The quantitative estimate of drug-likeness (QED) is 0.836. The van der Waals surface area contributed by atoms with E-state index in [-0.39, 0.29) is 18.8 Å². The molecule has 1 saturated carbocycles. The summed E-state index contributed by atoms with van der Waals surface area (Å²) in [4.78, 5) is 3.98. The predicted octanol–water partition coefficient (Wildman–Crippen LogP) is 2.61. The van der Waals surface area contributed by atoms with Crippen molar-refractivity contribution in [2.45, 2.75) is 38.0 Å². The van der Waals surface area contributed by atoms with Gasteiger partial charge in [-0.05, 0) is 36.8 Å². The Kier molecular flexibility index (Phi) is 3.17. The maximum Gasteiger partial charge on any atom is 0.248 e. The first-order valence-electron chi connectivity index (χ1n) is 5.84. The molecule has 0 aliphatic heterocycles. The largest absolute Gasteiger partial charge is 0.397 e. The molecule has 2 rings (SSSR count). The Morgan fingerprint density at radius 1 is 1.29 bits per heavy atom. The highest BCUT2D eigenvalue weighted by Gasteiger charge is 2.34. The predicted molar refractivity (Wildman–Crippen MR) is 63.7 cm³/mol. The van der Waals surface area contributed by atoms with Crippen molar-refractivity contribution < 1.29 is 8.78 Å². The molecule has 0 radical (unpaired) electrons. The Hall–Kier alpha value is -1.39. The molecule has 1 fully saturated rings. The second-order valence-electron chi connectivity index (χ2n) is 4.82. The van der Waals surface area contributed by atoms with Crippen LogP contribution in [-0.4, -0.2) is 10.9 Å². The zero-order valence-electron chi connectivity index (χ0n) is 9.63. The molecule has 1 aromatic heterocycles. The van der Waals surface area contributed by atoms with Crippen LogP contribution in [0, 0.1) is 5.92 Å². The number of halogens is 2. The van der Waals surface area contributed by atoms with Crippen molar-refractivity contribution in [3.05, 3.63) is 17.8 Å². The SMILES string of the molecule is Nc1cnc(N)c(CC2CCC(F)(F)CC2)c1. The summed E-state index contributed by atoms with van der Waals surface area (Å²) in [6.45, 7) is 0. The van der Waals surface area contributed by atoms with Gasteiger partial charge in [0, 0.05) is 12.8 Å². The van der Waals surface area contributed by atoms with Crippen molar-refractivity contribution >= 4 is 11.5 Å². The monoisotopic (exact) mass is 241 g/mol. The molecule has 0 unspecified atom stereocenters. The second-order valence-corrected chi connectivity index (χ2v) is 4.82. The molecule has 1 aromatic rings. The van der Waals surface area contributed by atoms with E-state index >= 15 is 0 Å². The van der Waals surface area contributed by atoms with Crippen molar-refractivity contribution in [3.63, 3.8) is 0 Å². The van der Waals surface area contributed by atoms with Gasteiger partial charge in [-0.25, -0.2) is 13.8 Å². The Labute approximate surface area is 99.2 Å². The highest BCUT2D eigenvalue weighted by molar-refractivity contribution is 5.48. The fraction of sp³-hybridized carbons (Fsp3) is 0.583. The van der Waals surface area contributed by atoms with Crippen molar-refractivity contribution in [2.75, 3.05) is 11.5 Å². The van der Waals surface area contributed by atoms with Crippen LogP contribution >= 0.6 is 0 Å². The summed E-state index contributed by atoms with van der Waals surface area (Å²) in [6, 6.07) is 1.79. The van der Waals surface area contributed by atoms with Crippen molar-refractivity contribution in [2.24, 2.45) is 5.92 Å². The summed E-state index contributed by atoms with van der Waals surface area (Å²) >= 11 is 0. The summed E-state index contributed by atoms with van der Waals surface area (Å²) in [5.41, 5.74) is 12.8. The minimum Gasteiger partial charge on any atom is -0.397 e. The van der Waals surface area contributed by atoms with E-state index in [2.05, 4.69) is 4.98 Å². The van der Waals surface area contributed by atoms with Crippen LogP contribution in [0.4, 0.5) is 20.3 Å². The van der Waals surface area contributed by atoms with Gasteiger partial charge in [-0.15, -0.1) is 0 Å². The highest BCUT2D eigenvalue weighted by Crippen LogP contribution is 2.37. The number of pyridine rings is 1. The van der Waals surface area contributed by atoms with Gasteiger partial charge in [-0.1, -0.05) is 0 Å². The van der Waals surface area contributed by atoms with Crippen LogP contribution in [0.25, 0.3) is 0 Å². The number of anilines is 2. The standard InChI is InChI=1S/C12H17F2N3/c13-12(14)3-1-8(2-4-12)5-9-6-10(15)7-17-11(9)16/h6-8H,1-5,15H2,(H2,16,17).